The average Bonchev–Trinajstić information content (AvgIpc) is 2.01. The quantitative estimate of drug-likeness (QED) is 0.301. The molecule has 0 aromatic carbocycles. The Morgan fingerprint density at radius 1 is 1.00 bits per heavy atom. The fraction of sp³-hybridized carbons (Fsp3) is 0.667. The number of allylic oxidation sites excluding steroid dienone is 2. The molecule has 0 rings (SSSR count). The molecule has 0 amide bonds. The van der Waals surface area contributed by atoms with Crippen molar-refractivity contribution in [3.8, 4) is 0 Å². The van der Waals surface area contributed by atoms with Crippen LogP contribution < -0.4 is 0 Å². The van der Waals surface area contributed by atoms with Crippen LogP contribution in [0.15, 0.2) is 12.2 Å². The zero-order valence-corrected chi connectivity index (χ0v) is 8.55. The van der Waals surface area contributed by atoms with Gasteiger partial charge in [-0.25, -0.2) is 4.57 Å². The summed E-state index contributed by atoms with van der Waals surface area (Å²) in [5.41, 5.74) is 0. The van der Waals surface area contributed by atoms with Crippen molar-refractivity contribution in [2.24, 2.45) is 0 Å². The van der Waals surface area contributed by atoms with E-state index in [1.165, 1.54) is 0 Å². The lowest BCUT2D eigenvalue weighted by Crippen LogP contribution is -1.85. The Morgan fingerprint density at radius 3 is 1.15 bits per heavy atom. The Hall–Kier alpha value is -0.230. The topological polar surface area (TPSA) is 118 Å². The summed E-state index contributed by atoms with van der Waals surface area (Å²) in [5.74, 6) is 0. The highest BCUT2D eigenvalue weighted by Crippen LogP contribution is 2.25. The maximum Gasteiger partial charge on any atom is 0.466 e. The molecule has 0 saturated heterocycles. The van der Waals surface area contributed by atoms with Crippen LogP contribution in [0.2, 0.25) is 0 Å². The van der Waals surface area contributed by atoms with Gasteiger partial charge in [0.25, 0.3) is 0 Å². The standard InChI is InChI=1S/C4H8.C2H6O2.H3O4P/c1-3-4-2;3-1-2-4;1-5(2,3)4/h3-4H,1-2H3;3-4H,1-2H2;(H3,1,2,3,4). The molecule has 0 heterocycles. The molecule has 5 N–H and O–H groups in total. The van der Waals surface area contributed by atoms with Crippen LogP contribution in [0.25, 0.3) is 0 Å². The lowest BCUT2D eigenvalue weighted by atomic mass is 10.6. The first-order valence-electron chi connectivity index (χ1n) is 3.40. The Kier molecular flexibility index (Phi) is 20.4. The number of aliphatic hydroxyl groups is 2. The van der Waals surface area contributed by atoms with Gasteiger partial charge >= 0.3 is 7.82 Å². The zero-order chi connectivity index (χ0) is 11.3. The molecule has 0 saturated carbocycles. The van der Waals surface area contributed by atoms with Gasteiger partial charge in [-0.2, -0.15) is 0 Å². The molecule has 0 unspecified atom stereocenters. The first-order valence-corrected chi connectivity index (χ1v) is 4.97. The first kappa shape index (κ1) is 18.5. The van der Waals surface area contributed by atoms with E-state index in [2.05, 4.69) is 0 Å². The largest absolute Gasteiger partial charge is 0.466 e. The summed E-state index contributed by atoms with van der Waals surface area (Å²) < 4.78 is 8.88. The second-order valence-electron chi connectivity index (χ2n) is 1.63. The third-order valence-corrected chi connectivity index (χ3v) is 0.433. The van der Waals surface area contributed by atoms with Gasteiger partial charge in [0, 0.05) is 0 Å². The van der Waals surface area contributed by atoms with Crippen LogP contribution in [0, 0.1) is 0 Å². The second kappa shape index (κ2) is 14.3. The van der Waals surface area contributed by atoms with Crippen LogP contribution in [-0.4, -0.2) is 38.1 Å². The number of hydrogen-bond donors (Lipinski definition) is 5. The fourth-order valence-electron chi connectivity index (χ4n) is 0. The number of hydrogen-bond acceptors (Lipinski definition) is 3. The minimum atomic E-state index is -4.64. The highest BCUT2D eigenvalue weighted by atomic mass is 31.2. The average molecular weight is 216 g/mol. The van der Waals surface area contributed by atoms with Crippen LogP contribution in [0.5, 0.6) is 0 Å². The summed E-state index contributed by atoms with van der Waals surface area (Å²) in [5, 5.41) is 15.2. The summed E-state index contributed by atoms with van der Waals surface area (Å²) in [6.07, 6.45) is 4.00. The maximum atomic E-state index is 8.88. The molecular weight excluding hydrogens is 199 g/mol. The third kappa shape index (κ3) is 359. The van der Waals surface area contributed by atoms with Crippen LogP contribution in [0.3, 0.4) is 0 Å². The molecule has 7 heteroatoms. The van der Waals surface area contributed by atoms with Crippen molar-refractivity contribution < 1.29 is 29.5 Å². The lowest BCUT2D eigenvalue weighted by molar-refractivity contribution is 0.186. The summed E-state index contributed by atoms with van der Waals surface area (Å²) in [6.45, 7) is 3.75. The van der Waals surface area contributed by atoms with Gasteiger partial charge in [0.05, 0.1) is 13.2 Å². The lowest BCUT2D eigenvalue weighted by Gasteiger charge is -1.82. The molecule has 0 fully saturated rings. The Balaban J connectivity index is -0.000000117. The van der Waals surface area contributed by atoms with E-state index in [9.17, 15) is 0 Å². The number of aliphatic hydroxyl groups excluding tert-OH is 2. The maximum absolute atomic E-state index is 8.88. The van der Waals surface area contributed by atoms with Gasteiger partial charge in [0.15, 0.2) is 0 Å². The Labute approximate surface area is 77.4 Å². The first-order chi connectivity index (χ1) is 5.83. The van der Waals surface area contributed by atoms with Gasteiger partial charge in [0.2, 0.25) is 0 Å². The predicted octanol–water partition coefficient (Wildman–Crippen LogP) is -0.375. The molecule has 82 valence electrons. The van der Waals surface area contributed by atoms with Gasteiger partial charge in [-0.1, -0.05) is 12.2 Å². The minimum Gasteiger partial charge on any atom is -0.394 e. The van der Waals surface area contributed by atoms with E-state index in [-0.39, 0.29) is 13.2 Å². The van der Waals surface area contributed by atoms with E-state index in [1.54, 1.807) is 0 Å². The normalized spacial score (nSPS) is 9.77. The molecule has 0 aromatic heterocycles. The number of rotatable bonds is 1. The third-order valence-electron chi connectivity index (χ3n) is 0.433. The van der Waals surface area contributed by atoms with E-state index in [0.717, 1.165) is 0 Å². The summed E-state index contributed by atoms with van der Waals surface area (Å²) in [7, 11) is -4.64. The molecule has 0 aliphatic rings. The molecule has 0 aliphatic heterocycles. The van der Waals surface area contributed by atoms with E-state index < -0.39 is 7.82 Å². The van der Waals surface area contributed by atoms with Crippen molar-refractivity contribution in [3.63, 3.8) is 0 Å². The van der Waals surface area contributed by atoms with Gasteiger partial charge in [-0.15, -0.1) is 0 Å². The van der Waals surface area contributed by atoms with E-state index in [0.29, 0.717) is 0 Å². The number of phosphoric acid groups is 1. The van der Waals surface area contributed by atoms with E-state index in [1.807, 2.05) is 26.0 Å². The SMILES string of the molecule is CC=CC.O=P(O)(O)O.OCCO. The van der Waals surface area contributed by atoms with Crippen molar-refractivity contribution in [1.29, 1.82) is 0 Å². The van der Waals surface area contributed by atoms with Crippen molar-refractivity contribution in [2.45, 2.75) is 13.8 Å². The van der Waals surface area contributed by atoms with Gasteiger partial charge in [-0.05, 0) is 13.8 Å². The van der Waals surface area contributed by atoms with Crippen LogP contribution in [0.1, 0.15) is 13.8 Å². The molecule has 0 radical (unpaired) electrons. The van der Waals surface area contributed by atoms with Crippen LogP contribution >= 0.6 is 7.82 Å². The molecule has 0 aromatic rings. The van der Waals surface area contributed by atoms with E-state index in [4.69, 9.17) is 29.5 Å². The monoisotopic (exact) mass is 216 g/mol. The van der Waals surface area contributed by atoms with Crippen LogP contribution in [-0.2, 0) is 4.57 Å². The molecular formula is C6H17O6P. The fourth-order valence-corrected chi connectivity index (χ4v) is 0. The molecule has 13 heavy (non-hydrogen) atoms. The van der Waals surface area contributed by atoms with Crippen LogP contribution in [0.4, 0.5) is 0 Å². The molecule has 0 bridgehead atoms. The summed E-state index contributed by atoms with van der Waals surface area (Å²) in [6, 6.07) is 0. The Bertz CT molecular complexity index is 126. The van der Waals surface area contributed by atoms with Crippen molar-refractivity contribution in [2.75, 3.05) is 13.2 Å². The van der Waals surface area contributed by atoms with Gasteiger partial charge in [0.1, 0.15) is 0 Å². The highest BCUT2D eigenvalue weighted by molar-refractivity contribution is 7.45. The minimum absolute atomic E-state index is 0.125. The summed E-state index contributed by atoms with van der Waals surface area (Å²) in [4.78, 5) is 21.6. The highest BCUT2D eigenvalue weighted by Gasteiger charge is 2.00. The van der Waals surface area contributed by atoms with Crippen molar-refractivity contribution >= 4 is 7.82 Å². The smallest absolute Gasteiger partial charge is 0.394 e. The second-order valence-corrected chi connectivity index (χ2v) is 2.65. The molecule has 0 spiro atoms. The van der Waals surface area contributed by atoms with Gasteiger partial charge in [-0.3, -0.25) is 0 Å². The van der Waals surface area contributed by atoms with Crippen molar-refractivity contribution in [1.82, 2.24) is 0 Å². The Morgan fingerprint density at radius 2 is 1.15 bits per heavy atom. The van der Waals surface area contributed by atoms with Crippen molar-refractivity contribution in [3.05, 3.63) is 12.2 Å². The molecule has 0 aliphatic carbocycles. The molecule has 6 nitrogen and oxygen atoms in total. The van der Waals surface area contributed by atoms with E-state index >= 15 is 0 Å². The van der Waals surface area contributed by atoms with Gasteiger partial charge < -0.3 is 24.9 Å². The predicted molar refractivity (Wildman–Crippen MR) is 48.9 cm³/mol. The zero-order valence-electron chi connectivity index (χ0n) is 7.66. The molecule has 0 atom stereocenters. The summed E-state index contributed by atoms with van der Waals surface area (Å²) >= 11 is 0.